The van der Waals surface area contributed by atoms with Crippen molar-refractivity contribution in [2.24, 2.45) is 5.73 Å². The number of benzene rings is 2. The van der Waals surface area contributed by atoms with Crippen LogP contribution in [-0.2, 0) is 16.0 Å². The quantitative estimate of drug-likeness (QED) is 0.838. The second kappa shape index (κ2) is 7.85. The number of amides is 2. The predicted molar refractivity (Wildman–Crippen MR) is 89.9 cm³/mol. The molecule has 0 aliphatic rings. The average molecular weight is 353 g/mol. The molecule has 0 aliphatic heterocycles. The maximum Gasteiger partial charge on any atom is 0.262 e. The largest absolute Gasteiger partial charge is 0.482 e. The smallest absolute Gasteiger partial charge is 0.262 e. The molecule has 0 heterocycles. The van der Waals surface area contributed by atoms with Crippen LogP contribution in [-0.4, -0.2) is 18.4 Å². The minimum atomic E-state index is -0.407. The number of rotatable bonds is 6. The zero-order chi connectivity index (χ0) is 16.8. The molecule has 0 unspecified atom stereocenters. The van der Waals surface area contributed by atoms with E-state index >= 15 is 0 Å². The lowest BCUT2D eigenvalue weighted by molar-refractivity contribution is -0.118. The molecule has 2 amide bonds. The Labute approximate surface area is 143 Å². The molecule has 0 fully saturated rings. The zero-order valence-electron chi connectivity index (χ0n) is 12.0. The summed E-state index contributed by atoms with van der Waals surface area (Å²) in [5.41, 5.74) is 6.48. The fourth-order valence-electron chi connectivity index (χ4n) is 1.84. The summed E-state index contributed by atoms with van der Waals surface area (Å²) in [6.45, 7) is -0.190. The predicted octanol–water partition coefficient (Wildman–Crippen LogP) is 3.04. The highest BCUT2D eigenvalue weighted by Gasteiger charge is 2.07. The van der Waals surface area contributed by atoms with E-state index in [4.69, 9.17) is 33.7 Å². The van der Waals surface area contributed by atoms with Gasteiger partial charge in [-0.1, -0.05) is 35.3 Å². The van der Waals surface area contributed by atoms with Crippen molar-refractivity contribution in [3.05, 3.63) is 58.1 Å². The Morgan fingerprint density at radius 2 is 1.78 bits per heavy atom. The van der Waals surface area contributed by atoms with Crippen molar-refractivity contribution >= 4 is 40.7 Å². The fraction of sp³-hybridized carbons (Fsp3) is 0.125. The molecule has 0 aliphatic carbocycles. The molecule has 2 aromatic carbocycles. The van der Waals surface area contributed by atoms with Gasteiger partial charge < -0.3 is 15.8 Å². The van der Waals surface area contributed by atoms with Crippen LogP contribution in [0.4, 0.5) is 5.69 Å². The number of carbonyl (C=O) groups excluding carboxylic acids is 2. The molecule has 0 spiro atoms. The number of nitrogens with one attached hydrogen (secondary N) is 1. The standard InChI is InChI=1S/C16H14Cl2N2O3/c17-11-3-6-14(13(18)8-11)23-9-16(22)20-12-4-1-10(2-5-12)7-15(19)21/h1-6,8H,7,9H2,(H2,19,21)(H,20,22). The van der Waals surface area contributed by atoms with Crippen LogP contribution >= 0.6 is 23.2 Å². The van der Waals surface area contributed by atoms with Gasteiger partial charge in [0.25, 0.3) is 5.91 Å². The Hall–Kier alpha value is -2.24. The van der Waals surface area contributed by atoms with E-state index in [1.165, 1.54) is 6.07 Å². The van der Waals surface area contributed by atoms with Crippen molar-refractivity contribution in [2.75, 3.05) is 11.9 Å². The van der Waals surface area contributed by atoms with E-state index in [1.54, 1.807) is 36.4 Å². The Morgan fingerprint density at radius 1 is 1.09 bits per heavy atom. The van der Waals surface area contributed by atoms with Crippen molar-refractivity contribution < 1.29 is 14.3 Å². The third-order valence-electron chi connectivity index (χ3n) is 2.87. The summed E-state index contributed by atoms with van der Waals surface area (Å²) < 4.78 is 5.34. The van der Waals surface area contributed by atoms with E-state index in [0.717, 1.165) is 5.56 Å². The van der Waals surface area contributed by atoms with Crippen LogP contribution in [0.15, 0.2) is 42.5 Å². The Kier molecular flexibility index (Phi) is 5.84. The Morgan fingerprint density at radius 3 is 2.39 bits per heavy atom. The number of ether oxygens (including phenoxy) is 1. The normalized spacial score (nSPS) is 10.2. The second-order valence-corrected chi connectivity index (χ2v) is 5.60. The first-order chi connectivity index (χ1) is 10.9. The van der Waals surface area contributed by atoms with Crippen LogP contribution in [0.25, 0.3) is 0 Å². The first-order valence-corrected chi connectivity index (χ1v) is 7.44. The average Bonchev–Trinajstić information content (AvgIpc) is 2.48. The molecule has 2 aromatic rings. The monoisotopic (exact) mass is 352 g/mol. The van der Waals surface area contributed by atoms with Crippen molar-refractivity contribution in [3.8, 4) is 5.75 Å². The molecule has 0 aromatic heterocycles. The van der Waals surface area contributed by atoms with Crippen LogP contribution in [0.1, 0.15) is 5.56 Å². The summed E-state index contributed by atoms with van der Waals surface area (Å²) in [7, 11) is 0. The minimum Gasteiger partial charge on any atom is -0.482 e. The van der Waals surface area contributed by atoms with Gasteiger partial charge in [0.1, 0.15) is 5.75 Å². The van der Waals surface area contributed by atoms with Crippen molar-refractivity contribution in [1.29, 1.82) is 0 Å². The Balaban J connectivity index is 1.88. The highest BCUT2D eigenvalue weighted by Crippen LogP contribution is 2.27. The van der Waals surface area contributed by atoms with E-state index in [1.807, 2.05) is 0 Å². The molecule has 0 saturated carbocycles. The van der Waals surface area contributed by atoms with Crippen LogP contribution in [0.3, 0.4) is 0 Å². The summed E-state index contributed by atoms with van der Waals surface area (Å²) >= 11 is 11.7. The number of anilines is 1. The Bertz CT molecular complexity index is 718. The van der Waals surface area contributed by atoms with Gasteiger partial charge in [0, 0.05) is 10.7 Å². The highest BCUT2D eigenvalue weighted by atomic mass is 35.5. The SMILES string of the molecule is NC(=O)Cc1ccc(NC(=O)COc2ccc(Cl)cc2Cl)cc1. The first-order valence-electron chi connectivity index (χ1n) is 6.69. The second-order valence-electron chi connectivity index (χ2n) is 4.75. The molecule has 5 nitrogen and oxygen atoms in total. The maximum atomic E-state index is 11.8. The zero-order valence-corrected chi connectivity index (χ0v) is 13.5. The molecule has 3 N–H and O–H groups in total. The highest BCUT2D eigenvalue weighted by molar-refractivity contribution is 6.35. The van der Waals surface area contributed by atoms with E-state index in [0.29, 0.717) is 21.5 Å². The third-order valence-corrected chi connectivity index (χ3v) is 3.40. The van der Waals surface area contributed by atoms with Crippen LogP contribution in [0.5, 0.6) is 5.75 Å². The van der Waals surface area contributed by atoms with Gasteiger partial charge in [0.05, 0.1) is 11.4 Å². The molecule has 0 atom stereocenters. The number of nitrogens with two attached hydrogens (primary N) is 1. The molecule has 120 valence electrons. The maximum absolute atomic E-state index is 11.8. The minimum absolute atomic E-state index is 0.159. The summed E-state index contributed by atoms with van der Waals surface area (Å²) in [4.78, 5) is 22.7. The van der Waals surface area contributed by atoms with Gasteiger partial charge >= 0.3 is 0 Å². The van der Waals surface area contributed by atoms with E-state index in [9.17, 15) is 9.59 Å². The third kappa shape index (κ3) is 5.47. The van der Waals surface area contributed by atoms with E-state index in [2.05, 4.69) is 5.32 Å². The summed E-state index contributed by atoms with van der Waals surface area (Å²) in [6.07, 6.45) is 0.159. The molecule has 2 rings (SSSR count). The van der Waals surface area contributed by atoms with Gasteiger partial charge in [-0.3, -0.25) is 9.59 Å². The van der Waals surface area contributed by atoms with Crippen LogP contribution in [0, 0.1) is 0 Å². The summed E-state index contributed by atoms with van der Waals surface area (Å²) in [5.74, 6) is -0.364. The van der Waals surface area contributed by atoms with E-state index in [-0.39, 0.29) is 18.9 Å². The topological polar surface area (TPSA) is 81.4 Å². The van der Waals surface area contributed by atoms with Crippen molar-refractivity contribution in [3.63, 3.8) is 0 Å². The molecule has 0 saturated heterocycles. The van der Waals surface area contributed by atoms with Gasteiger partial charge in [-0.25, -0.2) is 0 Å². The molecular formula is C16H14Cl2N2O3. The van der Waals surface area contributed by atoms with Gasteiger partial charge in [-0.2, -0.15) is 0 Å². The number of hydrogen-bond acceptors (Lipinski definition) is 3. The molecule has 0 bridgehead atoms. The summed E-state index contributed by atoms with van der Waals surface area (Å²) in [5, 5.41) is 3.50. The fourth-order valence-corrected chi connectivity index (χ4v) is 2.30. The molecule has 23 heavy (non-hydrogen) atoms. The molecule has 0 radical (unpaired) electrons. The lowest BCUT2D eigenvalue weighted by Gasteiger charge is -2.09. The van der Waals surface area contributed by atoms with Crippen LogP contribution in [0.2, 0.25) is 10.0 Å². The van der Waals surface area contributed by atoms with Gasteiger partial charge in [-0.15, -0.1) is 0 Å². The van der Waals surface area contributed by atoms with Gasteiger partial charge in [0.2, 0.25) is 5.91 Å². The number of hydrogen-bond donors (Lipinski definition) is 2. The first kappa shape index (κ1) is 17.1. The van der Waals surface area contributed by atoms with Crippen molar-refractivity contribution in [2.45, 2.75) is 6.42 Å². The molecular weight excluding hydrogens is 339 g/mol. The van der Waals surface area contributed by atoms with Crippen LogP contribution < -0.4 is 15.8 Å². The van der Waals surface area contributed by atoms with Gasteiger partial charge in [-0.05, 0) is 35.9 Å². The number of primary amides is 1. The summed E-state index contributed by atoms with van der Waals surface area (Å²) in [6, 6.07) is 11.6. The lowest BCUT2D eigenvalue weighted by Crippen LogP contribution is -2.20. The van der Waals surface area contributed by atoms with Gasteiger partial charge in [0.15, 0.2) is 6.61 Å². The number of halogens is 2. The van der Waals surface area contributed by atoms with E-state index < -0.39 is 5.91 Å². The molecule has 7 heteroatoms. The number of carbonyl (C=O) groups is 2. The lowest BCUT2D eigenvalue weighted by atomic mass is 10.1. The van der Waals surface area contributed by atoms with Crippen molar-refractivity contribution in [1.82, 2.24) is 0 Å².